The number of carbonyl (C=O) groups is 1. The minimum atomic E-state index is -0.0458. The number of hydrogen-bond donors (Lipinski definition) is 1. The Bertz CT molecular complexity index is 986. The van der Waals surface area contributed by atoms with E-state index in [1.807, 2.05) is 42.2 Å². The Morgan fingerprint density at radius 3 is 2.72 bits per heavy atom. The summed E-state index contributed by atoms with van der Waals surface area (Å²) in [5.74, 6) is 2.21. The van der Waals surface area contributed by atoms with Crippen LogP contribution in [0.25, 0.3) is 11.4 Å². The van der Waals surface area contributed by atoms with Gasteiger partial charge >= 0.3 is 0 Å². The number of nitrogens with zero attached hydrogens (tertiary/aromatic N) is 4. The van der Waals surface area contributed by atoms with E-state index in [2.05, 4.69) is 27.4 Å². The topological polar surface area (TPSA) is 84.2 Å². The van der Waals surface area contributed by atoms with Crippen LogP contribution < -0.4 is 5.32 Å². The number of hydrogen-bond acceptors (Lipinski definition) is 6. The number of carbonyl (C=O) groups excluding carboxylic acids is 1. The van der Waals surface area contributed by atoms with Crippen LogP contribution in [-0.2, 0) is 0 Å². The van der Waals surface area contributed by atoms with Gasteiger partial charge in [-0.1, -0.05) is 42.4 Å². The van der Waals surface area contributed by atoms with Crippen LogP contribution in [0.15, 0.2) is 47.0 Å². The standard InChI is InChI=1S/C22H25N5O2/c1-3-17-11-7-8-12-27(17)22(28)18-14-19(24-20-13-15(2)29-26-20)25-21(23-18)16-9-5-4-6-10-16/h4-6,9-10,13-14,17H,3,7-8,11-12H2,1-2H3,(H,23,24,25,26). The van der Waals surface area contributed by atoms with Crippen molar-refractivity contribution in [3.63, 3.8) is 0 Å². The highest BCUT2D eigenvalue weighted by Gasteiger charge is 2.28. The number of rotatable bonds is 5. The Hall–Kier alpha value is -3.22. The molecule has 7 nitrogen and oxygen atoms in total. The minimum absolute atomic E-state index is 0.0458. The van der Waals surface area contributed by atoms with Crippen LogP contribution in [0.5, 0.6) is 0 Å². The van der Waals surface area contributed by atoms with Gasteiger partial charge in [0.2, 0.25) is 0 Å². The number of piperidine rings is 1. The van der Waals surface area contributed by atoms with Crippen LogP contribution >= 0.6 is 0 Å². The highest BCUT2D eigenvalue weighted by molar-refractivity contribution is 5.94. The van der Waals surface area contributed by atoms with E-state index in [0.717, 1.165) is 31.4 Å². The molecule has 2 aromatic heterocycles. The number of nitrogens with one attached hydrogen (secondary N) is 1. The van der Waals surface area contributed by atoms with E-state index >= 15 is 0 Å². The lowest BCUT2D eigenvalue weighted by molar-refractivity contribution is 0.0602. The molecule has 4 rings (SSSR count). The van der Waals surface area contributed by atoms with Gasteiger partial charge < -0.3 is 14.7 Å². The first-order valence-corrected chi connectivity index (χ1v) is 10.1. The third-order valence-corrected chi connectivity index (χ3v) is 5.22. The van der Waals surface area contributed by atoms with E-state index in [1.165, 1.54) is 6.42 Å². The molecule has 1 unspecified atom stereocenters. The van der Waals surface area contributed by atoms with Crippen molar-refractivity contribution >= 4 is 17.5 Å². The Balaban J connectivity index is 1.71. The van der Waals surface area contributed by atoms with E-state index < -0.39 is 0 Å². The molecular weight excluding hydrogens is 366 g/mol. The fourth-order valence-electron chi connectivity index (χ4n) is 3.73. The molecule has 0 bridgehead atoms. The second kappa shape index (κ2) is 8.43. The maximum Gasteiger partial charge on any atom is 0.272 e. The zero-order valence-electron chi connectivity index (χ0n) is 16.8. The van der Waals surface area contributed by atoms with Gasteiger partial charge in [0.1, 0.15) is 17.3 Å². The molecule has 1 aliphatic heterocycles. The van der Waals surface area contributed by atoms with Crippen molar-refractivity contribution in [3.05, 3.63) is 53.9 Å². The van der Waals surface area contributed by atoms with Gasteiger partial charge in [-0.15, -0.1) is 0 Å². The third kappa shape index (κ3) is 4.29. The van der Waals surface area contributed by atoms with E-state index in [4.69, 9.17) is 4.52 Å². The number of benzene rings is 1. The van der Waals surface area contributed by atoms with E-state index in [-0.39, 0.29) is 11.9 Å². The first-order chi connectivity index (χ1) is 14.1. The van der Waals surface area contributed by atoms with Gasteiger partial charge in [0, 0.05) is 30.3 Å². The molecule has 150 valence electrons. The monoisotopic (exact) mass is 391 g/mol. The minimum Gasteiger partial charge on any atom is -0.360 e. The summed E-state index contributed by atoms with van der Waals surface area (Å²) < 4.78 is 5.12. The van der Waals surface area contributed by atoms with Crippen LogP contribution in [0.1, 0.15) is 48.9 Å². The van der Waals surface area contributed by atoms with Crippen molar-refractivity contribution < 1.29 is 9.32 Å². The molecule has 3 heterocycles. The quantitative estimate of drug-likeness (QED) is 0.685. The lowest BCUT2D eigenvalue weighted by atomic mass is 9.99. The number of aromatic nitrogens is 3. The highest BCUT2D eigenvalue weighted by Crippen LogP contribution is 2.25. The summed E-state index contributed by atoms with van der Waals surface area (Å²) >= 11 is 0. The molecule has 1 atom stereocenters. The molecule has 1 saturated heterocycles. The summed E-state index contributed by atoms with van der Waals surface area (Å²) in [7, 11) is 0. The Morgan fingerprint density at radius 1 is 1.17 bits per heavy atom. The Labute approximate surface area is 170 Å². The van der Waals surface area contributed by atoms with Gasteiger partial charge in [-0.05, 0) is 32.6 Å². The second-order valence-electron chi connectivity index (χ2n) is 7.33. The predicted octanol–water partition coefficient (Wildman–Crippen LogP) is 4.59. The van der Waals surface area contributed by atoms with Crippen LogP contribution in [0.3, 0.4) is 0 Å². The van der Waals surface area contributed by atoms with Gasteiger partial charge in [0.25, 0.3) is 5.91 Å². The molecule has 29 heavy (non-hydrogen) atoms. The summed E-state index contributed by atoms with van der Waals surface area (Å²) in [5.41, 5.74) is 1.24. The molecule has 0 aliphatic carbocycles. The van der Waals surface area contributed by atoms with Crippen molar-refractivity contribution in [1.29, 1.82) is 0 Å². The molecule has 1 N–H and O–H groups in total. The fraction of sp³-hybridized carbons (Fsp3) is 0.364. The third-order valence-electron chi connectivity index (χ3n) is 5.22. The Morgan fingerprint density at radius 2 is 2.00 bits per heavy atom. The molecular formula is C22H25N5O2. The van der Waals surface area contributed by atoms with Gasteiger partial charge in [0.05, 0.1) is 0 Å². The molecule has 1 aliphatic rings. The van der Waals surface area contributed by atoms with Crippen molar-refractivity contribution in [2.75, 3.05) is 11.9 Å². The zero-order valence-corrected chi connectivity index (χ0v) is 16.8. The van der Waals surface area contributed by atoms with E-state index in [9.17, 15) is 4.79 Å². The number of amides is 1. The van der Waals surface area contributed by atoms with Crippen LogP contribution in [0.2, 0.25) is 0 Å². The van der Waals surface area contributed by atoms with Gasteiger partial charge in [0.15, 0.2) is 11.6 Å². The zero-order chi connectivity index (χ0) is 20.2. The summed E-state index contributed by atoms with van der Waals surface area (Å²) in [4.78, 5) is 24.5. The average Bonchev–Trinajstić information content (AvgIpc) is 3.18. The smallest absolute Gasteiger partial charge is 0.272 e. The molecule has 1 fully saturated rings. The number of aryl methyl sites for hydroxylation is 1. The molecule has 0 saturated carbocycles. The van der Waals surface area contributed by atoms with Gasteiger partial charge in [-0.2, -0.15) is 0 Å². The van der Waals surface area contributed by atoms with Crippen molar-refractivity contribution in [1.82, 2.24) is 20.0 Å². The largest absolute Gasteiger partial charge is 0.360 e. The fourth-order valence-corrected chi connectivity index (χ4v) is 3.73. The molecule has 3 aromatic rings. The van der Waals surface area contributed by atoms with Gasteiger partial charge in [-0.3, -0.25) is 4.79 Å². The number of anilines is 2. The molecule has 1 amide bonds. The Kier molecular flexibility index (Phi) is 5.55. The summed E-state index contributed by atoms with van der Waals surface area (Å²) in [6, 6.07) is 13.4. The first kappa shape index (κ1) is 19.1. The summed E-state index contributed by atoms with van der Waals surface area (Å²) in [6.45, 7) is 4.72. The summed E-state index contributed by atoms with van der Waals surface area (Å²) in [5, 5.41) is 7.09. The van der Waals surface area contributed by atoms with E-state index in [0.29, 0.717) is 28.9 Å². The lowest BCUT2D eigenvalue weighted by Crippen LogP contribution is -2.43. The molecule has 0 radical (unpaired) electrons. The van der Waals surface area contributed by atoms with Crippen molar-refractivity contribution in [2.45, 2.75) is 45.6 Å². The van der Waals surface area contributed by atoms with Crippen molar-refractivity contribution in [3.8, 4) is 11.4 Å². The van der Waals surface area contributed by atoms with Crippen LogP contribution in [0, 0.1) is 6.92 Å². The van der Waals surface area contributed by atoms with Crippen LogP contribution in [0.4, 0.5) is 11.6 Å². The average molecular weight is 391 g/mol. The SMILES string of the molecule is CCC1CCCCN1C(=O)c1cc(Nc2cc(C)on2)nc(-c2ccccc2)n1. The second-order valence-corrected chi connectivity index (χ2v) is 7.33. The van der Waals surface area contributed by atoms with E-state index in [1.54, 1.807) is 12.1 Å². The number of likely N-dealkylation sites (tertiary alicyclic amines) is 1. The maximum atomic E-state index is 13.3. The highest BCUT2D eigenvalue weighted by atomic mass is 16.5. The molecule has 1 aromatic carbocycles. The van der Waals surface area contributed by atoms with Crippen molar-refractivity contribution in [2.24, 2.45) is 0 Å². The normalized spacial score (nSPS) is 16.6. The van der Waals surface area contributed by atoms with Gasteiger partial charge in [-0.25, -0.2) is 9.97 Å². The maximum absolute atomic E-state index is 13.3. The first-order valence-electron chi connectivity index (χ1n) is 10.1. The van der Waals surface area contributed by atoms with Crippen LogP contribution in [-0.4, -0.2) is 38.5 Å². The molecule has 0 spiro atoms. The summed E-state index contributed by atoms with van der Waals surface area (Å²) in [6.07, 6.45) is 4.19. The molecule has 7 heteroatoms. The predicted molar refractivity (Wildman–Crippen MR) is 111 cm³/mol. The lowest BCUT2D eigenvalue weighted by Gasteiger charge is -2.35.